The summed E-state index contributed by atoms with van der Waals surface area (Å²) in [5.74, 6) is 3.08. The first-order valence-electron chi connectivity index (χ1n) is 6.89. The zero-order valence-electron chi connectivity index (χ0n) is 11.1. The van der Waals surface area contributed by atoms with Crippen LogP contribution < -0.4 is 5.32 Å². The second-order valence-electron chi connectivity index (χ2n) is 5.46. The molecule has 2 rings (SSSR count). The van der Waals surface area contributed by atoms with Gasteiger partial charge in [-0.3, -0.25) is 9.69 Å². The predicted octanol–water partition coefficient (Wildman–Crippen LogP) is 0.701. The molecule has 0 spiro atoms. The monoisotopic (exact) mass is 272 g/mol. The van der Waals surface area contributed by atoms with Crippen molar-refractivity contribution in [3.8, 4) is 0 Å². The van der Waals surface area contributed by atoms with Gasteiger partial charge in [0.1, 0.15) is 0 Å². The maximum absolute atomic E-state index is 12.0. The van der Waals surface area contributed by atoms with E-state index in [4.69, 9.17) is 5.11 Å². The summed E-state index contributed by atoms with van der Waals surface area (Å²) in [5.41, 5.74) is 0. The lowest BCUT2D eigenvalue weighted by molar-refractivity contribution is -0.123. The summed E-state index contributed by atoms with van der Waals surface area (Å²) in [5, 5.41) is 12.1. The highest BCUT2D eigenvalue weighted by atomic mass is 32.2. The van der Waals surface area contributed by atoms with E-state index in [1.807, 2.05) is 18.8 Å². The molecular weight excluding hydrogens is 248 g/mol. The number of hydrogen-bond acceptors (Lipinski definition) is 4. The highest BCUT2D eigenvalue weighted by Gasteiger charge is 2.32. The third kappa shape index (κ3) is 4.14. The van der Waals surface area contributed by atoms with Gasteiger partial charge in [-0.1, -0.05) is 0 Å². The van der Waals surface area contributed by atoms with E-state index in [2.05, 4.69) is 10.2 Å². The van der Waals surface area contributed by atoms with Gasteiger partial charge in [-0.05, 0) is 44.4 Å². The van der Waals surface area contributed by atoms with E-state index in [1.54, 1.807) is 0 Å². The van der Waals surface area contributed by atoms with E-state index in [9.17, 15) is 4.79 Å². The molecule has 1 heterocycles. The van der Waals surface area contributed by atoms with Crippen LogP contribution in [0.5, 0.6) is 0 Å². The summed E-state index contributed by atoms with van der Waals surface area (Å²) >= 11 is 1.97. The van der Waals surface area contributed by atoms with Crippen LogP contribution in [0.3, 0.4) is 0 Å². The normalized spacial score (nSPS) is 25.4. The molecule has 4 nitrogen and oxygen atoms in total. The molecule has 2 atom stereocenters. The number of nitrogens with one attached hydrogen (secondary N) is 1. The number of aliphatic hydroxyl groups is 1. The minimum atomic E-state index is 0.111. The number of thioether (sulfide) groups is 1. The number of rotatable bonds is 7. The summed E-state index contributed by atoms with van der Waals surface area (Å²) in [7, 11) is 2.04. The number of aliphatic hydroxyl groups excluding tert-OH is 1. The largest absolute Gasteiger partial charge is 0.396 e. The van der Waals surface area contributed by atoms with Crippen LogP contribution in [0.2, 0.25) is 0 Å². The van der Waals surface area contributed by atoms with Gasteiger partial charge in [-0.25, -0.2) is 0 Å². The Bertz CT molecular complexity index is 278. The van der Waals surface area contributed by atoms with Crippen molar-refractivity contribution in [1.82, 2.24) is 10.2 Å². The molecule has 2 unspecified atom stereocenters. The molecule has 0 radical (unpaired) electrons. The summed E-state index contributed by atoms with van der Waals surface area (Å²) in [6.45, 7) is 0.649. The molecule has 2 fully saturated rings. The number of amides is 1. The number of carbonyl (C=O) groups excluding carboxylic acids is 1. The van der Waals surface area contributed by atoms with Gasteiger partial charge in [-0.15, -0.1) is 0 Å². The van der Waals surface area contributed by atoms with Gasteiger partial charge in [0.25, 0.3) is 0 Å². The minimum absolute atomic E-state index is 0.111. The van der Waals surface area contributed by atoms with E-state index in [0.29, 0.717) is 24.9 Å². The number of hydrogen-bond donors (Lipinski definition) is 2. The maximum atomic E-state index is 12.0. The van der Waals surface area contributed by atoms with Gasteiger partial charge < -0.3 is 10.4 Å². The third-order valence-corrected chi connectivity index (χ3v) is 5.04. The summed E-state index contributed by atoms with van der Waals surface area (Å²) in [6, 6.07) is 0.742. The Morgan fingerprint density at radius 3 is 2.83 bits per heavy atom. The van der Waals surface area contributed by atoms with Gasteiger partial charge in [0.05, 0.1) is 6.54 Å². The Hall–Kier alpha value is -0.260. The fraction of sp³-hybridized carbons (Fsp3) is 0.923. The first-order valence-corrected chi connectivity index (χ1v) is 8.04. The Balaban J connectivity index is 1.72. The van der Waals surface area contributed by atoms with Gasteiger partial charge in [-0.2, -0.15) is 11.8 Å². The lowest BCUT2D eigenvalue weighted by Crippen LogP contribution is -2.45. The van der Waals surface area contributed by atoms with Crippen LogP contribution in [0.1, 0.15) is 25.7 Å². The molecule has 1 saturated carbocycles. The minimum Gasteiger partial charge on any atom is -0.396 e. The zero-order chi connectivity index (χ0) is 13.0. The Labute approximate surface area is 113 Å². The number of likely N-dealkylation sites (N-methyl/N-ethyl adjacent to an activating group) is 1. The van der Waals surface area contributed by atoms with E-state index >= 15 is 0 Å². The van der Waals surface area contributed by atoms with E-state index in [-0.39, 0.29) is 18.6 Å². The second kappa shape index (κ2) is 6.78. The van der Waals surface area contributed by atoms with Crippen molar-refractivity contribution in [3.63, 3.8) is 0 Å². The Morgan fingerprint density at radius 2 is 2.28 bits per heavy atom. The van der Waals surface area contributed by atoms with Gasteiger partial charge >= 0.3 is 0 Å². The third-order valence-electron chi connectivity index (χ3n) is 3.90. The molecule has 2 N–H and O–H groups in total. The van der Waals surface area contributed by atoms with Crippen LogP contribution in [-0.4, -0.2) is 59.7 Å². The van der Waals surface area contributed by atoms with Crippen molar-refractivity contribution in [3.05, 3.63) is 0 Å². The molecule has 18 heavy (non-hydrogen) atoms. The number of carbonyl (C=O) groups is 1. The summed E-state index contributed by atoms with van der Waals surface area (Å²) < 4.78 is 0. The fourth-order valence-corrected chi connectivity index (χ4v) is 3.84. The van der Waals surface area contributed by atoms with Crippen molar-refractivity contribution >= 4 is 17.7 Å². The summed E-state index contributed by atoms with van der Waals surface area (Å²) in [4.78, 5) is 14.2. The highest BCUT2D eigenvalue weighted by molar-refractivity contribution is 7.99. The lowest BCUT2D eigenvalue weighted by Gasteiger charge is -2.24. The maximum Gasteiger partial charge on any atom is 0.234 e. The van der Waals surface area contributed by atoms with Gasteiger partial charge in [0, 0.05) is 24.4 Å². The Kier molecular flexibility index (Phi) is 5.33. The molecule has 1 aliphatic carbocycles. The predicted molar refractivity (Wildman–Crippen MR) is 74.7 cm³/mol. The molecule has 0 aromatic heterocycles. The molecule has 0 bridgehead atoms. The van der Waals surface area contributed by atoms with Crippen molar-refractivity contribution in [2.45, 2.75) is 37.8 Å². The quantitative estimate of drug-likeness (QED) is 0.716. The molecular formula is C13H24N2O2S. The fourth-order valence-electron chi connectivity index (χ4n) is 2.54. The zero-order valence-corrected chi connectivity index (χ0v) is 11.9. The molecule has 104 valence electrons. The van der Waals surface area contributed by atoms with Crippen LogP contribution in [0, 0.1) is 5.92 Å². The second-order valence-corrected chi connectivity index (χ2v) is 6.61. The van der Waals surface area contributed by atoms with Crippen molar-refractivity contribution in [2.75, 3.05) is 31.7 Å². The molecule has 0 aromatic carbocycles. The van der Waals surface area contributed by atoms with E-state index in [1.165, 1.54) is 25.0 Å². The van der Waals surface area contributed by atoms with Crippen molar-refractivity contribution < 1.29 is 9.90 Å². The van der Waals surface area contributed by atoms with Crippen LogP contribution >= 0.6 is 11.8 Å². The van der Waals surface area contributed by atoms with Gasteiger partial charge in [0.15, 0.2) is 0 Å². The molecule has 1 saturated heterocycles. The first-order chi connectivity index (χ1) is 8.70. The average molecular weight is 272 g/mol. The standard InChI is InChI=1S/C13H24N2O2S/c1-15(11-5-7-18-9-11)8-13(17)14-12(4-6-16)10-2-3-10/h10-12,16H,2-9H2,1H3,(H,14,17). The molecule has 2 aliphatic rings. The van der Waals surface area contributed by atoms with Crippen molar-refractivity contribution in [1.29, 1.82) is 0 Å². The average Bonchev–Trinajstić information content (AvgIpc) is 3.03. The highest BCUT2D eigenvalue weighted by Crippen LogP contribution is 2.33. The smallest absolute Gasteiger partial charge is 0.234 e. The SMILES string of the molecule is CN(CC(=O)NC(CCO)C1CC1)C1CCSC1. The molecule has 1 amide bonds. The van der Waals surface area contributed by atoms with Crippen molar-refractivity contribution in [2.24, 2.45) is 5.92 Å². The number of nitrogens with zero attached hydrogens (tertiary/aromatic N) is 1. The topological polar surface area (TPSA) is 52.6 Å². The molecule has 5 heteroatoms. The van der Waals surface area contributed by atoms with Crippen LogP contribution in [0.25, 0.3) is 0 Å². The van der Waals surface area contributed by atoms with Crippen LogP contribution in [-0.2, 0) is 4.79 Å². The van der Waals surface area contributed by atoms with E-state index < -0.39 is 0 Å². The molecule has 0 aromatic rings. The summed E-state index contributed by atoms with van der Waals surface area (Å²) in [6.07, 6.45) is 4.27. The van der Waals surface area contributed by atoms with Crippen LogP contribution in [0.4, 0.5) is 0 Å². The lowest BCUT2D eigenvalue weighted by atomic mass is 10.1. The first kappa shape index (κ1) is 14.2. The molecule has 1 aliphatic heterocycles. The van der Waals surface area contributed by atoms with Gasteiger partial charge in [0.2, 0.25) is 5.91 Å². The van der Waals surface area contributed by atoms with E-state index in [0.717, 1.165) is 5.75 Å². The van der Waals surface area contributed by atoms with Crippen LogP contribution in [0.15, 0.2) is 0 Å². The Morgan fingerprint density at radius 1 is 1.50 bits per heavy atom.